The molecule has 3 N–H and O–H groups in total. The molecule has 17 heavy (non-hydrogen) atoms. The monoisotopic (exact) mass is 226 g/mol. The molecule has 3 rings (SSSR count). The molecule has 0 unspecified atom stereocenters. The molecule has 0 aromatic carbocycles. The van der Waals surface area contributed by atoms with Crippen molar-refractivity contribution in [2.45, 2.75) is 0 Å². The zero-order valence-corrected chi connectivity index (χ0v) is 8.92. The number of furan rings is 1. The van der Waals surface area contributed by atoms with Gasteiger partial charge in [0.1, 0.15) is 0 Å². The van der Waals surface area contributed by atoms with E-state index in [9.17, 15) is 0 Å². The summed E-state index contributed by atoms with van der Waals surface area (Å²) in [4.78, 5) is 4.28. The van der Waals surface area contributed by atoms with Crippen LogP contribution in [0.1, 0.15) is 0 Å². The van der Waals surface area contributed by atoms with Crippen LogP contribution in [0.3, 0.4) is 0 Å². The first-order valence-corrected chi connectivity index (χ1v) is 5.14. The zero-order valence-electron chi connectivity index (χ0n) is 8.92. The summed E-state index contributed by atoms with van der Waals surface area (Å²) >= 11 is 0. The SMILES string of the molecule is Nc1n[nH]c(-c2ccoc2)c1-c1ccccn1. The minimum absolute atomic E-state index is 0.430. The number of hydrogen-bond acceptors (Lipinski definition) is 4. The summed E-state index contributed by atoms with van der Waals surface area (Å²) in [6.45, 7) is 0. The van der Waals surface area contributed by atoms with E-state index in [0.29, 0.717) is 5.82 Å². The van der Waals surface area contributed by atoms with Crippen LogP contribution in [0.15, 0.2) is 47.4 Å². The van der Waals surface area contributed by atoms with Crippen molar-refractivity contribution in [3.8, 4) is 22.5 Å². The number of hydrogen-bond donors (Lipinski definition) is 2. The molecule has 5 heteroatoms. The number of H-pyrrole nitrogens is 1. The van der Waals surface area contributed by atoms with E-state index in [2.05, 4.69) is 15.2 Å². The standard InChI is InChI=1S/C12H10N4O/c13-12-10(9-3-1-2-5-14-9)11(15-16-12)8-4-6-17-7-8/h1-7H,(H3,13,15,16). The summed E-state index contributed by atoms with van der Waals surface area (Å²) in [6.07, 6.45) is 4.97. The van der Waals surface area contributed by atoms with E-state index < -0.39 is 0 Å². The first kappa shape index (κ1) is 9.65. The van der Waals surface area contributed by atoms with E-state index >= 15 is 0 Å². The van der Waals surface area contributed by atoms with Gasteiger partial charge in [0, 0.05) is 11.8 Å². The molecular formula is C12H10N4O. The molecule has 0 saturated carbocycles. The largest absolute Gasteiger partial charge is 0.472 e. The predicted molar refractivity (Wildman–Crippen MR) is 63.9 cm³/mol. The van der Waals surface area contributed by atoms with Gasteiger partial charge in [-0.25, -0.2) is 0 Å². The fraction of sp³-hybridized carbons (Fsp3) is 0. The quantitative estimate of drug-likeness (QED) is 0.702. The summed E-state index contributed by atoms with van der Waals surface area (Å²) < 4.78 is 5.06. The number of aromatic nitrogens is 3. The van der Waals surface area contributed by atoms with Crippen LogP contribution in [0, 0.1) is 0 Å². The molecule has 0 aliphatic heterocycles. The van der Waals surface area contributed by atoms with Crippen molar-refractivity contribution >= 4 is 5.82 Å². The minimum atomic E-state index is 0.430. The molecule has 0 spiro atoms. The van der Waals surface area contributed by atoms with E-state index in [1.807, 2.05) is 24.3 Å². The lowest BCUT2D eigenvalue weighted by Crippen LogP contribution is -1.90. The average molecular weight is 226 g/mol. The number of nitrogens with one attached hydrogen (secondary N) is 1. The third kappa shape index (κ3) is 1.57. The molecule has 0 atom stereocenters. The normalized spacial score (nSPS) is 10.6. The Morgan fingerprint density at radius 3 is 2.88 bits per heavy atom. The van der Waals surface area contributed by atoms with Crippen molar-refractivity contribution in [3.63, 3.8) is 0 Å². The Hall–Kier alpha value is -2.56. The third-order valence-corrected chi connectivity index (χ3v) is 2.53. The number of nitrogens with two attached hydrogens (primary N) is 1. The molecule has 0 aliphatic rings. The van der Waals surface area contributed by atoms with Crippen molar-refractivity contribution in [3.05, 3.63) is 43.0 Å². The summed E-state index contributed by atoms with van der Waals surface area (Å²) in [5.74, 6) is 0.430. The highest BCUT2D eigenvalue weighted by Crippen LogP contribution is 2.33. The van der Waals surface area contributed by atoms with Crippen molar-refractivity contribution < 1.29 is 4.42 Å². The van der Waals surface area contributed by atoms with Gasteiger partial charge in [0.2, 0.25) is 0 Å². The molecule has 0 saturated heterocycles. The van der Waals surface area contributed by atoms with Crippen LogP contribution in [0.5, 0.6) is 0 Å². The van der Waals surface area contributed by atoms with Crippen LogP contribution in [-0.2, 0) is 0 Å². The molecule has 5 nitrogen and oxygen atoms in total. The average Bonchev–Trinajstić information content (AvgIpc) is 2.98. The second-order valence-corrected chi connectivity index (χ2v) is 3.59. The summed E-state index contributed by atoms with van der Waals surface area (Å²) in [5.41, 5.74) is 9.16. The van der Waals surface area contributed by atoms with Gasteiger partial charge >= 0.3 is 0 Å². The fourth-order valence-electron chi connectivity index (χ4n) is 1.74. The Morgan fingerprint density at radius 1 is 1.24 bits per heavy atom. The van der Waals surface area contributed by atoms with Gasteiger partial charge in [0.05, 0.1) is 29.5 Å². The van der Waals surface area contributed by atoms with Crippen molar-refractivity contribution in [1.82, 2.24) is 15.2 Å². The van der Waals surface area contributed by atoms with Gasteiger partial charge in [-0.05, 0) is 18.2 Å². The highest BCUT2D eigenvalue weighted by Gasteiger charge is 2.15. The van der Waals surface area contributed by atoms with E-state index in [0.717, 1.165) is 22.5 Å². The lowest BCUT2D eigenvalue weighted by Gasteiger charge is -2.00. The second kappa shape index (κ2) is 3.79. The maximum absolute atomic E-state index is 5.87. The summed E-state index contributed by atoms with van der Waals surface area (Å²) in [6, 6.07) is 7.51. The number of nitrogens with zero attached hydrogens (tertiary/aromatic N) is 2. The van der Waals surface area contributed by atoms with Crippen LogP contribution < -0.4 is 5.73 Å². The molecule has 84 valence electrons. The third-order valence-electron chi connectivity index (χ3n) is 2.53. The van der Waals surface area contributed by atoms with Crippen LogP contribution in [-0.4, -0.2) is 15.2 Å². The highest BCUT2D eigenvalue weighted by molar-refractivity contribution is 5.85. The molecule has 3 aromatic rings. The van der Waals surface area contributed by atoms with E-state index in [4.69, 9.17) is 10.2 Å². The van der Waals surface area contributed by atoms with Crippen molar-refractivity contribution in [2.24, 2.45) is 0 Å². The number of rotatable bonds is 2. The van der Waals surface area contributed by atoms with E-state index in [1.54, 1.807) is 18.7 Å². The maximum Gasteiger partial charge on any atom is 0.155 e. The Bertz CT molecular complexity index is 613. The molecule has 0 radical (unpaired) electrons. The minimum Gasteiger partial charge on any atom is -0.472 e. The first-order chi connectivity index (χ1) is 8.36. The van der Waals surface area contributed by atoms with Gasteiger partial charge in [-0.3, -0.25) is 10.1 Å². The van der Waals surface area contributed by atoms with Crippen LogP contribution in [0.4, 0.5) is 5.82 Å². The predicted octanol–water partition coefficient (Wildman–Crippen LogP) is 2.31. The van der Waals surface area contributed by atoms with Gasteiger partial charge in [-0.2, -0.15) is 5.10 Å². The molecule has 0 amide bonds. The van der Waals surface area contributed by atoms with Gasteiger partial charge in [0.15, 0.2) is 5.82 Å². The number of pyridine rings is 1. The number of nitrogen functional groups attached to an aromatic ring is 1. The van der Waals surface area contributed by atoms with E-state index in [-0.39, 0.29) is 0 Å². The van der Waals surface area contributed by atoms with E-state index in [1.165, 1.54) is 0 Å². The van der Waals surface area contributed by atoms with Gasteiger partial charge in [0.25, 0.3) is 0 Å². The smallest absolute Gasteiger partial charge is 0.155 e. The molecule has 0 aliphatic carbocycles. The van der Waals surface area contributed by atoms with Crippen LogP contribution in [0.2, 0.25) is 0 Å². The zero-order chi connectivity index (χ0) is 11.7. The first-order valence-electron chi connectivity index (χ1n) is 5.14. The molecular weight excluding hydrogens is 216 g/mol. The molecule has 0 bridgehead atoms. The summed E-state index contributed by atoms with van der Waals surface area (Å²) in [7, 11) is 0. The van der Waals surface area contributed by atoms with Crippen molar-refractivity contribution in [1.29, 1.82) is 0 Å². The molecule has 0 fully saturated rings. The fourth-order valence-corrected chi connectivity index (χ4v) is 1.74. The van der Waals surface area contributed by atoms with Crippen LogP contribution in [0.25, 0.3) is 22.5 Å². The summed E-state index contributed by atoms with van der Waals surface area (Å²) in [5, 5.41) is 6.92. The number of anilines is 1. The Labute approximate surface area is 97.3 Å². The number of aromatic amines is 1. The second-order valence-electron chi connectivity index (χ2n) is 3.59. The maximum atomic E-state index is 5.87. The van der Waals surface area contributed by atoms with Gasteiger partial charge in [-0.15, -0.1) is 0 Å². The van der Waals surface area contributed by atoms with Gasteiger partial charge < -0.3 is 10.2 Å². The molecule has 3 aromatic heterocycles. The van der Waals surface area contributed by atoms with Crippen LogP contribution >= 0.6 is 0 Å². The van der Waals surface area contributed by atoms with Crippen molar-refractivity contribution in [2.75, 3.05) is 5.73 Å². The topological polar surface area (TPSA) is 80.7 Å². The molecule has 3 heterocycles. The van der Waals surface area contributed by atoms with Gasteiger partial charge in [-0.1, -0.05) is 6.07 Å². The Kier molecular flexibility index (Phi) is 2.15. The Morgan fingerprint density at radius 2 is 2.18 bits per heavy atom. The lowest BCUT2D eigenvalue weighted by molar-refractivity contribution is 0.568. The lowest BCUT2D eigenvalue weighted by atomic mass is 10.1. The Balaban J connectivity index is 2.20. The highest BCUT2D eigenvalue weighted by atomic mass is 16.3.